The van der Waals surface area contributed by atoms with Crippen molar-refractivity contribution in [3.05, 3.63) is 64.7 Å². The molecule has 0 saturated heterocycles. The van der Waals surface area contributed by atoms with Crippen molar-refractivity contribution in [2.45, 2.75) is 24.5 Å². The molecule has 104 valence electrons. The van der Waals surface area contributed by atoms with Crippen molar-refractivity contribution in [1.82, 2.24) is 0 Å². The number of carbonyl (C=O) groups is 1. The van der Waals surface area contributed by atoms with E-state index in [0.717, 1.165) is 5.75 Å². The first-order chi connectivity index (χ1) is 9.60. The van der Waals surface area contributed by atoms with Gasteiger partial charge in [0.15, 0.2) is 0 Å². The van der Waals surface area contributed by atoms with Crippen LogP contribution in [-0.2, 0) is 10.5 Å². The summed E-state index contributed by atoms with van der Waals surface area (Å²) in [6, 6.07) is 14.1. The summed E-state index contributed by atoms with van der Waals surface area (Å²) in [6.07, 6.45) is 0. The van der Waals surface area contributed by atoms with E-state index in [1.165, 1.54) is 28.7 Å². The Balaban J connectivity index is 2.00. The fraction of sp³-hybridized carbons (Fsp3) is 0.235. The molecule has 3 heteroatoms. The zero-order chi connectivity index (χ0) is 14.5. The maximum Gasteiger partial charge on any atom is 0.337 e. The molecule has 0 unspecified atom stereocenters. The highest BCUT2D eigenvalue weighted by Crippen LogP contribution is 2.25. The minimum atomic E-state index is -0.293. The van der Waals surface area contributed by atoms with Crippen LogP contribution in [0.25, 0.3) is 0 Å². The monoisotopic (exact) mass is 286 g/mol. The molecule has 0 aromatic heterocycles. The molecule has 0 fully saturated rings. The predicted molar refractivity (Wildman–Crippen MR) is 83.3 cm³/mol. The molecule has 20 heavy (non-hydrogen) atoms. The number of esters is 1. The highest BCUT2D eigenvalue weighted by atomic mass is 32.2. The zero-order valence-electron chi connectivity index (χ0n) is 12.0. The number of hydrogen-bond donors (Lipinski definition) is 0. The van der Waals surface area contributed by atoms with Crippen molar-refractivity contribution in [3.8, 4) is 0 Å². The second kappa shape index (κ2) is 6.62. The molecule has 2 nitrogen and oxygen atoms in total. The summed E-state index contributed by atoms with van der Waals surface area (Å²) in [4.78, 5) is 12.6. The van der Waals surface area contributed by atoms with Crippen molar-refractivity contribution in [2.75, 3.05) is 7.11 Å². The van der Waals surface area contributed by atoms with E-state index in [1.54, 1.807) is 11.8 Å². The smallest absolute Gasteiger partial charge is 0.337 e. The predicted octanol–water partition coefficient (Wildman–Crippen LogP) is 4.38. The molecular formula is C17H18O2S. The molecule has 0 aliphatic rings. The van der Waals surface area contributed by atoms with Crippen molar-refractivity contribution < 1.29 is 9.53 Å². The van der Waals surface area contributed by atoms with Gasteiger partial charge >= 0.3 is 5.97 Å². The second-order valence-electron chi connectivity index (χ2n) is 4.72. The molecular weight excluding hydrogens is 268 g/mol. The van der Waals surface area contributed by atoms with Gasteiger partial charge in [-0.3, -0.25) is 0 Å². The van der Waals surface area contributed by atoms with Gasteiger partial charge in [-0.1, -0.05) is 18.2 Å². The van der Waals surface area contributed by atoms with Crippen LogP contribution in [0.4, 0.5) is 0 Å². The topological polar surface area (TPSA) is 26.3 Å². The second-order valence-corrected chi connectivity index (χ2v) is 5.77. The van der Waals surface area contributed by atoms with Crippen molar-refractivity contribution >= 4 is 17.7 Å². The summed E-state index contributed by atoms with van der Waals surface area (Å²) in [5.74, 6) is 0.600. The average Bonchev–Trinajstić information content (AvgIpc) is 2.48. The molecule has 0 saturated carbocycles. The van der Waals surface area contributed by atoms with E-state index in [-0.39, 0.29) is 5.97 Å². The Morgan fingerprint density at radius 2 is 1.75 bits per heavy atom. The normalized spacial score (nSPS) is 10.3. The Morgan fingerprint density at radius 3 is 2.35 bits per heavy atom. The van der Waals surface area contributed by atoms with Crippen LogP contribution in [0.5, 0.6) is 0 Å². The van der Waals surface area contributed by atoms with Crippen LogP contribution in [0.1, 0.15) is 27.0 Å². The van der Waals surface area contributed by atoms with Gasteiger partial charge in [0.25, 0.3) is 0 Å². The van der Waals surface area contributed by atoms with Gasteiger partial charge in [0.1, 0.15) is 0 Å². The molecule has 0 bridgehead atoms. The van der Waals surface area contributed by atoms with E-state index >= 15 is 0 Å². The van der Waals surface area contributed by atoms with E-state index in [1.807, 2.05) is 24.3 Å². The summed E-state index contributed by atoms with van der Waals surface area (Å²) < 4.78 is 4.69. The first-order valence-corrected chi connectivity index (χ1v) is 7.46. The lowest BCUT2D eigenvalue weighted by molar-refractivity contribution is 0.0600. The van der Waals surface area contributed by atoms with Crippen LogP contribution in [0.2, 0.25) is 0 Å². The minimum absolute atomic E-state index is 0.293. The van der Waals surface area contributed by atoms with Gasteiger partial charge in [0.05, 0.1) is 12.7 Å². The number of hydrogen-bond acceptors (Lipinski definition) is 3. The number of methoxy groups -OCH3 is 1. The third kappa shape index (κ3) is 3.64. The fourth-order valence-electron chi connectivity index (χ4n) is 1.83. The number of carbonyl (C=O) groups excluding carboxylic acids is 1. The fourth-order valence-corrected chi connectivity index (χ4v) is 2.78. The van der Waals surface area contributed by atoms with Crippen LogP contribution < -0.4 is 0 Å². The van der Waals surface area contributed by atoms with Crippen LogP contribution in [-0.4, -0.2) is 13.1 Å². The molecule has 0 radical (unpaired) electrons. The lowest BCUT2D eigenvalue weighted by atomic mass is 10.1. The van der Waals surface area contributed by atoms with Crippen molar-refractivity contribution in [1.29, 1.82) is 0 Å². The molecule has 0 heterocycles. The van der Waals surface area contributed by atoms with Crippen molar-refractivity contribution in [3.63, 3.8) is 0 Å². The van der Waals surface area contributed by atoms with Crippen LogP contribution in [0, 0.1) is 13.8 Å². The van der Waals surface area contributed by atoms with Gasteiger partial charge in [0.2, 0.25) is 0 Å². The number of thioether (sulfide) groups is 1. The quantitative estimate of drug-likeness (QED) is 0.616. The molecule has 0 aliphatic heterocycles. The zero-order valence-corrected chi connectivity index (χ0v) is 12.8. The Labute approximate surface area is 124 Å². The molecule has 0 N–H and O–H groups in total. The maximum atomic E-state index is 11.3. The summed E-state index contributed by atoms with van der Waals surface area (Å²) >= 11 is 1.80. The van der Waals surface area contributed by atoms with Crippen LogP contribution in [0.3, 0.4) is 0 Å². The average molecular weight is 286 g/mol. The summed E-state index contributed by atoms with van der Waals surface area (Å²) in [6.45, 7) is 4.25. The van der Waals surface area contributed by atoms with Gasteiger partial charge in [-0.2, -0.15) is 0 Å². The number of benzene rings is 2. The van der Waals surface area contributed by atoms with E-state index < -0.39 is 0 Å². The Kier molecular flexibility index (Phi) is 4.85. The SMILES string of the molecule is COC(=O)c1ccc(CSc2ccc(C)c(C)c2)cc1. The maximum absolute atomic E-state index is 11.3. The third-order valence-corrected chi connectivity index (χ3v) is 4.32. The number of rotatable bonds is 4. The number of ether oxygens (including phenoxy) is 1. The van der Waals surface area contributed by atoms with Gasteiger partial charge in [-0.25, -0.2) is 4.79 Å². The standard InChI is InChI=1S/C17H18O2S/c1-12-4-9-16(10-13(12)2)20-11-14-5-7-15(8-6-14)17(18)19-3/h4-10H,11H2,1-3H3. The van der Waals surface area contributed by atoms with E-state index in [2.05, 4.69) is 36.8 Å². The molecule has 0 spiro atoms. The highest BCUT2D eigenvalue weighted by Gasteiger charge is 2.04. The molecule has 0 atom stereocenters. The highest BCUT2D eigenvalue weighted by molar-refractivity contribution is 7.98. The van der Waals surface area contributed by atoms with Gasteiger partial charge in [-0.05, 0) is 54.8 Å². The van der Waals surface area contributed by atoms with Gasteiger partial charge < -0.3 is 4.74 Å². The Hall–Kier alpha value is -1.74. The first kappa shape index (κ1) is 14.7. The molecule has 2 aromatic rings. The lowest BCUT2D eigenvalue weighted by Crippen LogP contribution is -2.00. The molecule has 0 aliphatic carbocycles. The Bertz CT molecular complexity index is 603. The largest absolute Gasteiger partial charge is 0.465 e. The van der Waals surface area contributed by atoms with E-state index in [9.17, 15) is 4.79 Å². The third-order valence-electron chi connectivity index (χ3n) is 3.26. The molecule has 2 aromatic carbocycles. The summed E-state index contributed by atoms with van der Waals surface area (Å²) in [7, 11) is 1.39. The van der Waals surface area contributed by atoms with Crippen LogP contribution >= 0.6 is 11.8 Å². The van der Waals surface area contributed by atoms with Crippen LogP contribution in [0.15, 0.2) is 47.4 Å². The first-order valence-electron chi connectivity index (χ1n) is 6.47. The molecule has 0 amide bonds. The Morgan fingerprint density at radius 1 is 1.05 bits per heavy atom. The van der Waals surface area contributed by atoms with Gasteiger partial charge in [0, 0.05) is 10.6 Å². The minimum Gasteiger partial charge on any atom is -0.465 e. The van der Waals surface area contributed by atoms with E-state index in [4.69, 9.17) is 0 Å². The van der Waals surface area contributed by atoms with Gasteiger partial charge in [-0.15, -0.1) is 11.8 Å². The summed E-state index contributed by atoms with van der Waals surface area (Å²) in [5, 5.41) is 0. The molecule has 2 rings (SSSR count). The van der Waals surface area contributed by atoms with E-state index in [0.29, 0.717) is 5.56 Å². The number of aryl methyl sites for hydroxylation is 2. The van der Waals surface area contributed by atoms with Crippen molar-refractivity contribution in [2.24, 2.45) is 0 Å². The summed E-state index contributed by atoms with van der Waals surface area (Å²) in [5.41, 5.74) is 4.42. The lowest BCUT2D eigenvalue weighted by Gasteiger charge is -2.06.